The molecule has 2 N–H and O–H groups in total. The van der Waals surface area contributed by atoms with Crippen molar-refractivity contribution in [3.8, 4) is 34.2 Å². The number of aromatic nitrogens is 4. The smallest absolute Gasteiger partial charge is 0.328 e. The fraction of sp³-hybridized carbons (Fsp3) is 0.150. The first-order chi connectivity index (χ1) is 25.2. The second-order valence-electron chi connectivity index (χ2n) is 12.6. The lowest BCUT2D eigenvalue weighted by Gasteiger charge is -2.19. The number of imidazole rings is 1. The number of benzene rings is 3. The number of amides is 3. The van der Waals surface area contributed by atoms with Crippen molar-refractivity contribution < 1.29 is 23.2 Å². The highest BCUT2D eigenvalue weighted by Crippen LogP contribution is 2.34. The number of aryl methyl sites for hydroxylation is 2. The van der Waals surface area contributed by atoms with Crippen molar-refractivity contribution in [2.75, 3.05) is 6.54 Å². The summed E-state index contributed by atoms with van der Waals surface area (Å²) in [4.78, 5) is 58.2. The molecule has 1 fully saturated rings. The Morgan fingerprint density at radius 2 is 1.85 bits per heavy atom. The average molecular weight is 693 g/mol. The van der Waals surface area contributed by atoms with Gasteiger partial charge in [0.25, 0.3) is 5.91 Å². The van der Waals surface area contributed by atoms with E-state index < -0.39 is 11.7 Å². The molecule has 1 aliphatic heterocycles. The fourth-order valence-electron chi connectivity index (χ4n) is 6.76. The van der Waals surface area contributed by atoms with Gasteiger partial charge in [0, 0.05) is 60.4 Å². The van der Waals surface area contributed by atoms with Crippen LogP contribution in [0.2, 0.25) is 0 Å². The lowest BCUT2D eigenvalue weighted by molar-refractivity contribution is -0.134. The molecule has 0 spiro atoms. The number of pyridine rings is 2. The Hall–Kier alpha value is -6.87. The number of imide groups is 1. The van der Waals surface area contributed by atoms with Crippen molar-refractivity contribution in [3.05, 3.63) is 119 Å². The highest BCUT2D eigenvalue weighted by molar-refractivity contribution is 6.03. The SMILES string of the molecule is Cn1c(=O)n(C)c2c(F)cc(-c3cccc4cc(-c5ccc(C(=O)NCC#Cc6ccc7occ(C8CCC(=O)NC8=O)c7c6)nc5)ncc34)cc21. The molecule has 256 valence electrons. The van der Waals surface area contributed by atoms with Crippen molar-refractivity contribution >= 4 is 50.5 Å². The molecule has 0 aliphatic carbocycles. The van der Waals surface area contributed by atoms with Gasteiger partial charge in [-0.15, -0.1) is 0 Å². The third-order valence-corrected chi connectivity index (χ3v) is 9.47. The van der Waals surface area contributed by atoms with Gasteiger partial charge in [0.1, 0.15) is 22.6 Å². The first-order valence-electron chi connectivity index (χ1n) is 16.5. The molecular formula is C40H29FN6O5. The Labute approximate surface area is 295 Å². The first kappa shape index (κ1) is 32.3. The standard InChI is InChI=1S/C40H29FN6O5/c1-46-34-18-25(16-31(41)37(34)47(2)40(46)51)26-7-3-6-23-17-33(44-20-29(23)26)24-9-11-32(43-19-24)39(50)42-14-4-5-22-8-12-35-28(15-22)30(21-52-35)27-10-13-36(48)45-38(27)49/h3,6-9,11-12,15-21,27H,10,13-14H2,1-2H3,(H,42,50)(H,45,48,49). The highest BCUT2D eigenvalue weighted by Gasteiger charge is 2.30. The van der Waals surface area contributed by atoms with E-state index in [9.17, 15) is 19.2 Å². The number of hydrogen-bond donors (Lipinski definition) is 2. The van der Waals surface area contributed by atoms with E-state index >= 15 is 4.39 Å². The highest BCUT2D eigenvalue weighted by atomic mass is 19.1. The Morgan fingerprint density at radius 3 is 2.65 bits per heavy atom. The molecule has 0 radical (unpaired) electrons. The topological polar surface area (TPSA) is 141 Å². The van der Waals surface area contributed by atoms with E-state index in [2.05, 4.69) is 32.4 Å². The minimum atomic E-state index is -0.481. The van der Waals surface area contributed by atoms with Crippen LogP contribution >= 0.6 is 0 Å². The van der Waals surface area contributed by atoms with Gasteiger partial charge in [-0.25, -0.2) is 9.18 Å². The first-order valence-corrected chi connectivity index (χ1v) is 16.5. The summed E-state index contributed by atoms with van der Waals surface area (Å²) in [7, 11) is 3.17. The van der Waals surface area contributed by atoms with E-state index in [1.807, 2.05) is 36.4 Å². The monoisotopic (exact) mass is 692 g/mol. The Balaban J connectivity index is 0.955. The summed E-state index contributed by atoms with van der Waals surface area (Å²) >= 11 is 0. The molecule has 11 nitrogen and oxygen atoms in total. The van der Waals surface area contributed by atoms with Crippen LogP contribution in [0.3, 0.4) is 0 Å². The maximum Gasteiger partial charge on any atom is 0.328 e. The van der Waals surface area contributed by atoms with Gasteiger partial charge in [0.15, 0.2) is 0 Å². The minimum Gasteiger partial charge on any atom is -0.464 e. The number of fused-ring (bicyclic) bond motifs is 3. The molecule has 5 heterocycles. The molecular weight excluding hydrogens is 663 g/mol. The number of halogens is 1. The Kier molecular flexibility index (Phi) is 7.95. The van der Waals surface area contributed by atoms with E-state index in [4.69, 9.17) is 4.42 Å². The second kappa shape index (κ2) is 12.8. The van der Waals surface area contributed by atoms with Crippen LogP contribution in [0, 0.1) is 17.7 Å². The Morgan fingerprint density at radius 1 is 0.981 bits per heavy atom. The molecule has 4 aromatic heterocycles. The van der Waals surface area contributed by atoms with Gasteiger partial charge in [-0.2, -0.15) is 0 Å². The molecule has 1 aliphatic rings. The lowest BCUT2D eigenvalue weighted by atomic mass is 9.90. The van der Waals surface area contributed by atoms with Crippen molar-refractivity contribution in [1.29, 1.82) is 0 Å². The summed E-state index contributed by atoms with van der Waals surface area (Å²) in [6.07, 6.45) is 5.54. The maximum absolute atomic E-state index is 15.2. The van der Waals surface area contributed by atoms with Crippen LogP contribution in [0.4, 0.5) is 4.39 Å². The molecule has 8 rings (SSSR count). The number of carbonyl (C=O) groups is 3. The van der Waals surface area contributed by atoms with Crippen molar-refractivity contribution in [2.24, 2.45) is 14.1 Å². The molecule has 0 bridgehead atoms. The molecule has 3 aromatic carbocycles. The number of nitrogens with zero attached hydrogens (tertiary/aromatic N) is 4. The molecule has 1 unspecified atom stereocenters. The lowest BCUT2D eigenvalue weighted by Crippen LogP contribution is -2.39. The second-order valence-corrected chi connectivity index (χ2v) is 12.6. The average Bonchev–Trinajstić information content (AvgIpc) is 3.66. The minimum absolute atomic E-state index is 0.0810. The van der Waals surface area contributed by atoms with Gasteiger partial charge in [-0.1, -0.05) is 30.0 Å². The van der Waals surface area contributed by atoms with Gasteiger partial charge in [0.05, 0.1) is 29.9 Å². The van der Waals surface area contributed by atoms with Crippen LogP contribution in [-0.2, 0) is 23.7 Å². The summed E-state index contributed by atoms with van der Waals surface area (Å²) in [5, 5.41) is 7.59. The van der Waals surface area contributed by atoms with Crippen LogP contribution in [0.15, 0.2) is 94.6 Å². The van der Waals surface area contributed by atoms with Crippen LogP contribution < -0.4 is 16.3 Å². The van der Waals surface area contributed by atoms with E-state index in [1.165, 1.54) is 15.2 Å². The fourth-order valence-corrected chi connectivity index (χ4v) is 6.76. The van der Waals surface area contributed by atoms with Crippen LogP contribution in [0.1, 0.15) is 40.4 Å². The Bertz CT molecular complexity index is 2750. The maximum atomic E-state index is 15.2. The third kappa shape index (κ3) is 5.68. The van der Waals surface area contributed by atoms with Crippen molar-refractivity contribution in [3.63, 3.8) is 0 Å². The number of nitrogens with one attached hydrogen (secondary N) is 2. The zero-order chi connectivity index (χ0) is 36.1. The summed E-state index contributed by atoms with van der Waals surface area (Å²) in [6.45, 7) is 0.0810. The van der Waals surface area contributed by atoms with Gasteiger partial charge in [0.2, 0.25) is 11.8 Å². The van der Waals surface area contributed by atoms with Crippen LogP contribution in [0.5, 0.6) is 0 Å². The molecule has 1 saturated heterocycles. The molecule has 12 heteroatoms. The van der Waals surface area contributed by atoms with Crippen LogP contribution in [0.25, 0.3) is 55.2 Å². The normalized spacial score (nSPS) is 14.4. The number of furan rings is 1. The van der Waals surface area contributed by atoms with E-state index in [0.29, 0.717) is 45.5 Å². The predicted octanol–water partition coefficient (Wildman–Crippen LogP) is 5.34. The van der Waals surface area contributed by atoms with Gasteiger partial charge in [-0.3, -0.25) is 38.8 Å². The molecule has 0 saturated carbocycles. The van der Waals surface area contributed by atoms with E-state index in [1.54, 1.807) is 57.0 Å². The summed E-state index contributed by atoms with van der Waals surface area (Å²) in [6, 6.07) is 19.7. The van der Waals surface area contributed by atoms with Crippen molar-refractivity contribution in [1.82, 2.24) is 29.7 Å². The summed E-state index contributed by atoms with van der Waals surface area (Å²) in [5.41, 5.74) is 5.45. The largest absolute Gasteiger partial charge is 0.464 e. The quantitative estimate of drug-likeness (QED) is 0.183. The zero-order valence-corrected chi connectivity index (χ0v) is 28.0. The predicted molar refractivity (Wildman–Crippen MR) is 193 cm³/mol. The van der Waals surface area contributed by atoms with Gasteiger partial charge < -0.3 is 9.73 Å². The van der Waals surface area contributed by atoms with E-state index in [-0.39, 0.29) is 47.6 Å². The number of piperidine rings is 1. The third-order valence-electron chi connectivity index (χ3n) is 9.47. The van der Waals surface area contributed by atoms with Gasteiger partial charge >= 0.3 is 5.69 Å². The van der Waals surface area contributed by atoms with E-state index in [0.717, 1.165) is 21.7 Å². The van der Waals surface area contributed by atoms with Crippen LogP contribution in [-0.4, -0.2) is 43.4 Å². The molecule has 1 atom stereocenters. The number of carbonyl (C=O) groups excluding carboxylic acids is 3. The number of rotatable bonds is 5. The molecule has 3 amide bonds. The number of hydrogen-bond acceptors (Lipinski definition) is 7. The summed E-state index contributed by atoms with van der Waals surface area (Å²) < 4.78 is 23.6. The summed E-state index contributed by atoms with van der Waals surface area (Å²) in [5.74, 6) is 4.03. The van der Waals surface area contributed by atoms with Gasteiger partial charge in [-0.05, 0) is 71.5 Å². The van der Waals surface area contributed by atoms with Crippen molar-refractivity contribution in [2.45, 2.75) is 18.8 Å². The zero-order valence-electron chi connectivity index (χ0n) is 28.0. The molecule has 7 aromatic rings. The molecule has 52 heavy (non-hydrogen) atoms.